The fourth-order valence-electron chi connectivity index (χ4n) is 4.12. The number of nitrogens with two attached hydrogens (primary N) is 1. The number of benzene rings is 1. The van der Waals surface area contributed by atoms with Gasteiger partial charge in [-0.2, -0.15) is 0 Å². The van der Waals surface area contributed by atoms with Crippen molar-refractivity contribution in [1.29, 1.82) is 0 Å². The SMILES string of the molecule is CC(C)(C)OC(=O)N1CCC2(CCN(C(=O)OCc3ccccc3)CC2N)CC1. The third-order valence-corrected chi connectivity index (χ3v) is 5.96. The smallest absolute Gasteiger partial charge is 0.410 e. The van der Waals surface area contributed by atoms with Gasteiger partial charge in [0.25, 0.3) is 0 Å². The molecular formula is C22H33N3O4. The highest BCUT2D eigenvalue weighted by atomic mass is 16.6. The summed E-state index contributed by atoms with van der Waals surface area (Å²) in [5.74, 6) is 0. The summed E-state index contributed by atoms with van der Waals surface area (Å²) >= 11 is 0. The zero-order valence-electron chi connectivity index (χ0n) is 17.7. The van der Waals surface area contributed by atoms with Crippen LogP contribution in [0.5, 0.6) is 0 Å². The number of carbonyl (C=O) groups is 2. The summed E-state index contributed by atoms with van der Waals surface area (Å²) in [4.78, 5) is 28.2. The Morgan fingerprint density at radius 1 is 1.03 bits per heavy atom. The first kappa shape index (κ1) is 21.4. The number of likely N-dealkylation sites (tertiary alicyclic amines) is 2. The lowest BCUT2D eigenvalue weighted by Gasteiger charge is -2.50. The van der Waals surface area contributed by atoms with Gasteiger partial charge in [-0.05, 0) is 51.0 Å². The lowest BCUT2D eigenvalue weighted by molar-refractivity contribution is -0.0102. The van der Waals surface area contributed by atoms with E-state index >= 15 is 0 Å². The minimum absolute atomic E-state index is 0.0330. The highest BCUT2D eigenvalue weighted by Gasteiger charge is 2.45. The van der Waals surface area contributed by atoms with Crippen LogP contribution in [0.4, 0.5) is 9.59 Å². The van der Waals surface area contributed by atoms with Gasteiger partial charge >= 0.3 is 12.2 Å². The molecule has 2 heterocycles. The third-order valence-electron chi connectivity index (χ3n) is 5.96. The van der Waals surface area contributed by atoms with Crippen LogP contribution in [-0.2, 0) is 16.1 Å². The molecule has 1 unspecified atom stereocenters. The van der Waals surface area contributed by atoms with Crippen LogP contribution in [0.1, 0.15) is 45.6 Å². The largest absolute Gasteiger partial charge is 0.445 e. The fraction of sp³-hybridized carbons (Fsp3) is 0.636. The van der Waals surface area contributed by atoms with Crippen molar-refractivity contribution in [1.82, 2.24) is 9.80 Å². The lowest BCUT2D eigenvalue weighted by atomic mass is 9.68. The summed E-state index contributed by atoms with van der Waals surface area (Å²) in [6.45, 7) is 8.29. The number of amides is 2. The number of carbonyl (C=O) groups excluding carboxylic acids is 2. The Bertz CT molecular complexity index is 709. The number of piperidine rings is 2. The summed E-state index contributed by atoms with van der Waals surface area (Å²) in [7, 11) is 0. The van der Waals surface area contributed by atoms with Gasteiger partial charge in [-0.3, -0.25) is 0 Å². The van der Waals surface area contributed by atoms with E-state index in [0.717, 1.165) is 24.8 Å². The van der Waals surface area contributed by atoms with Crippen LogP contribution in [0.3, 0.4) is 0 Å². The van der Waals surface area contributed by atoms with Gasteiger partial charge in [0.1, 0.15) is 12.2 Å². The predicted molar refractivity (Wildman–Crippen MR) is 110 cm³/mol. The van der Waals surface area contributed by atoms with Gasteiger partial charge < -0.3 is 25.0 Å². The highest BCUT2D eigenvalue weighted by Crippen LogP contribution is 2.41. The normalized spacial score (nSPS) is 21.7. The number of ether oxygens (including phenoxy) is 2. The van der Waals surface area contributed by atoms with Crippen molar-refractivity contribution in [2.24, 2.45) is 11.1 Å². The topological polar surface area (TPSA) is 85.1 Å². The zero-order valence-corrected chi connectivity index (χ0v) is 17.7. The fourth-order valence-corrected chi connectivity index (χ4v) is 4.12. The number of hydrogen-bond donors (Lipinski definition) is 1. The summed E-state index contributed by atoms with van der Waals surface area (Å²) in [5, 5.41) is 0. The number of hydrogen-bond acceptors (Lipinski definition) is 5. The van der Waals surface area contributed by atoms with Gasteiger partial charge in [-0.1, -0.05) is 30.3 Å². The van der Waals surface area contributed by atoms with Crippen molar-refractivity contribution in [2.45, 2.75) is 58.3 Å². The molecule has 2 aliphatic rings. The first-order valence-electron chi connectivity index (χ1n) is 10.4. The minimum atomic E-state index is -0.492. The third kappa shape index (κ3) is 5.41. The number of nitrogens with zero attached hydrogens (tertiary/aromatic N) is 2. The molecule has 3 rings (SSSR count). The van der Waals surface area contributed by atoms with Crippen LogP contribution in [-0.4, -0.2) is 59.8 Å². The molecule has 2 amide bonds. The maximum Gasteiger partial charge on any atom is 0.410 e. The van der Waals surface area contributed by atoms with E-state index in [9.17, 15) is 9.59 Å². The van der Waals surface area contributed by atoms with Crippen LogP contribution in [0.2, 0.25) is 0 Å². The first-order chi connectivity index (χ1) is 13.7. The molecular weight excluding hydrogens is 370 g/mol. The average molecular weight is 404 g/mol. The summed E-state index contributed by atoms with van der Waals surface area (Å²) in [6, 6.07) is 9.52. The Balaban J connectivity index is 1.49. The Morgan fingerprint density at radius 3 is 2.21 bits per heavy atom. The molecule has 0 aromatic heterocycles. The molecule has 2 aliphatic heterocycles. The molecule has 1 atom stereocenters. The summed E-state index contributed by atoms with van der Waals surface area (Å²) in [5.41, 5.74) is 6.96. The maximum absolute atomic E-state index is 12.4. The van der Waals surface area contributed by atoms with Gasteiger partial charge in [0.2, 0.25) is 0 Å². The highest BCUT2D eigenvalue weighted by molar-refractivity contribution is 5.68. The molecule has 2 fully saturated rings. The molecule has 1 spiro atoms. The molecule has 1 aromatic rings. The molecule has 29 heavy (non-hydrogen) atoms. The van der Waals surface area contributed by atoms with Crippen LogP contribution in [0, 0.1) is 5.41 Å². The molecule has 2 N–H and O–H groups in total. The van der Waals surface area contributed by atoms with E-state index in [2.05, 4.69) is 0 Å². The quantitative estimate of drug-likeness (QED) is 0.818. The first-order valence-corrected chi connectivity index (χ1v) is 10.4. The Morgan fingerprint density at radius 2 is 1.62 bits per heavy atom. The second-order valence-electron chi connectivity index (χ2n) is 9.17. The van der Waals surface area contributed by atoms with E-state index in [-0.39, 0.29) is 30.3 Å². The van der Waals surface area contributed by atoms with Crippen molar-refractivity contribution >= 4 is 12.2 Å². The van der Waals surface area contributed by atoms with Crippen molar-refractivity contribution in [2.75, 3.05) is 26.2 Å². The molecule has 0 saturated carbocycles. The molecule has 0 aliphatic carbocycles. The van der Waals surface area contributed by atoms with E-state index in [1.807, 2.05) is 51.1 Å². The van der Waals surface area contributed by atoms with E-state index in [1.165, 1.54) is 0 Å². The van der Waals surface area contributed by atoms with Gasteiger partial charge in [0.05, 0.1) is 0 Å². The van der Waals surface area contributed by atoms with E-state index in [1.54, 1.807) is 9.80 Å². The molecule has 7 heteroatoms. The second kappa shape index (κ2) is 8.61. The summed E-state index contributed by atoms with van der Waals surface area (Å²) < 4.78 is 10.9. The van der Waals surface area contributed by atoms with Crippen LogP contribution in [0.25, 0.3) is 0 Å². The van der Waals surface area contributed by atoms with E-state index < -0.39 is 5.60 Å². The minimum Gasteiger partial charge on any atom is -0.445 e. The van der Waals surface area contributed by atoms with Crippen molar-refractivity contribution in [3.05, 3.63) is 35.9 Å². The van der Waals surface area contributed by atoms with E-state index in [0.29, 0.717) is 26.2 Å². The van der Waals surface area contributed by atoms with Gasteiger partial charge in [-0.25, -0.2) is 9.59 Å². The van der Waals surface area contributed by atoms with Gasteiger partial charge in [0, 0.05) is 32.2 Å². The van der Waals surface area contributed by atoms with Gasteiger partial charge in [-0.15, -0.1) is 0 Å². The Kier molecular flexibility index (Phi) is 6.36. The molecule has 2 saturated heterocycles. The Labute approximate surface area is 173 Å². The van der Waals surface area contributed by atoms with Crippen LogP contribution in [0.15, 0.2) is 30.3 Å². The zero-order chi connectivity index (χ0) is 21.1. The summed E-state index contributed by atoms with van der Waals surface area (Å²) in [6.07, 6.45) is 1.92. The van der Waals surface area contributed by atoms with E-state index in [4.69, 9.17) is 15.2 Å². The number of rotatable bonds is 2. The second-order valence-corrected chi connectivity index (χ2v) is 9.17. The predicted octanol–water partition coefficient (Wildman–Crippen LogP) is 3.37. The maximum atomic E-state index is 12.4. The molecule has 1 aromatic carbocycles. The Hall–Kier alpha value is -2.28. The average Bonchev–Trinajstić information content (AvgIpc) is 2.68. The molecule has 160 valence electrons. The van der Waals surface area contributed by atoms with Crippen molar-refractivity contribution in [3.8, 4) is 0 Å². The van der Waals surface area contributed by atoms with Crippen LogP contribution < -0.4 is 5.73 Å². The van der Waals surface area contributed by atoms with Crippen LogP contribution >= 0.6 is 0 Å². The van der Waals surface area contributed by atoms with Gasteiger partial charge in [0.15, 0.2) is 0 Å². The van der Waals surface area contributed by atoms with Crippen molar-refractivity contribution in [3.63, 3.8) is 0 Å². The standard InChI is InChI=1S/C22H33N3O4/c1-21(2,3)29-20(27)24-12-9-22(10-13-24)11-14-25(15-18(22)23)19(26)28-16-17-7-5-4-6-8-17/h4-8,18H,9-16,23H2,1-3H3. The van der Waals surface area contributed by atoms with Crippen molar-refractivity contribution < 1.29 is 19.1 Å². The molecule has 7 nitrogen and oxygen atoms in total. The lowest BCUT2D eigenvalue weighted by Crippen LogP contribution is -2.60. The molecule has 0 bridgehead atoms. The monoisotopic (exact) mass is 403 g/mol. The molecule has 0 radical (unpaired) electrons.